The number of anilines is 1. The summed E-state index contributed by atoms with van der Waals surface area (Å²) >= 11 is 0. The molecule has 2 N–H and O–H groups in total. The van der Waals surface area contributed by atoms with Gasteiger partial charge in [0.05, 0.1) is 19.0 Å². The number of carbonyl (C=O) groups is 2. The number of carbonyl (C=O) groups excluding carboxylic acids is 2. The van der Waals surface area contributed by atoms with E-state index < -0.39 is 0 Å². The summed E-state index contributed by atoms with van der Waals surface area (Å²) in [7, 11) is 1.54. The Kier molecular flexibility index (Phi) is 6.41. The summed E-state index contributed by atoms with van der Waals surface area (Å²) in [5.41, 5.74) is 4.04. The van der Waals surface area contributed by atoms with Crippen LogP contribution in [-0.4, -0.2) is 25.1 Å². The topological polar surface area (TPSA) is 79.8 Å². The minimum Gasteiger partial charge on any atom is -0.495 e. The first kappa shape index (κ1) is 21.1. The average Bonchev–Trinajstić information content (AvgIpc) is 2.82. The Hall–Kier alpha value is -4.19. The summed E-state index contributed by atoms with van der Waals surface area (Å²) in [4.78, 5) is 24.4. The van der Waals surface area contributed by atoms with Crippen LogP contribution in [-0.2, 0) is 9.59 Å². The molecule has 4 rings (SSSR count). The van der Waals surface area contributed by atoms with Crippen LogP contribution in [0.1, 0.15) is 18.4 Å². The molecule has 0 spiro atoms. The lowest BCUT2D eigenvalue weighted by Crippen LogP contribution is -2.20. The van der Waals surface area contributed by atoms with Crippen molar-refractivity contribution < 1.29 is 14.3 Å². The fourth-order valence-corrected chi connectivity index (χ4v) is 3.60. The number of fused-ring (bicyclic) bond motifs is 2. The molecule has 2 amide bonds. The number of hydrogen-bond acceptors (Lipinski definition) is 4. The fourth-order valence-electron chi connectivity index (χ4n) is 3.60. The summed E-state index contributed by atoms with van der Waals surface area (Å²) < 4.78 is 5.21. The predicted molar refractivity (Wildman–Crippen MR) is 128 cm³/mol. The first-order valence-corrected chi connectivity index (χ1v) is 10.3. The van der Waals surface area contributed by atoms with E-state index in [1.807, 2.05) is 42.5 Å². The van der Waals surface area contributed by atoms with E-state index in [1.54, 1.807) is 24.4 Å². The molecular weight excluding hydrogens is 402 g/mol. The number of rotatable bonds is 7. The third kappa shape index (κ3) is 4.75. The molecule has 0 aliphatic carbocycles. The van der Waals surface area contributed by atoms with Crippen LogP contribution in [0, 0.1) is 0 Å². The number of ether oxygens (including phenoxy) is 1. The standard InChI is InChI=1S/C26H23N3O3/c1-32-24-13-7-6-12-23(24)28-25(30)14-15-26(31)29-27-17-22-20-10-4-2-8-18(20)16-19-9-3-5-11-21(19)22/h2-13,16-17H,14-15H2,1H3,(H,28,30)(H,29,31)/b27-17+. The number of nitrogens with one attached hydrogen (secondary N) is 2. The second-order valence-corrected chi connectivity index (χ2v) is 7.27. The Morgan fingerprint density at radius 3 is 2.12 bits per heavy atom. The van der Waals surface area contributed by atoms with Gasteiger partial charge < -0.3 is 10.1 Å². The van der Waals surface area contributed by atoms with Crippen molar-refractivity contribution in [2.24, 2.45) is 5.10 Å². The number of benzene rings is 4. The van der Waals surface area contributed by atoms with Crippen LogP contribution in [0.2, 0.25) is 0 Å². The van der Waals surface area contributed by atoms with E-state index in [9.17, 15) is 9.59 Å². The van der Waals surface area contributed by atoms with Crippen LogP contribution in [0.3, 0.4) is 0 Å². The van der Waals surface area contributed by atoms with Gasteiger partial charge in [0, 0.05) is 18.4 Å². The highest BCUT2D eigenvalue weighted by Crippen LogP contribution is 2.27. The lowest BCUT2D eigenvalue weighted by molar-refractivity contribution is -0.124. The van der Waals surface area contributed by atoms with Crippen molar-refractivity contribution in [3.8, 4) is 5.75 Å². The molecule has 0 saturated carbocycles. The minimum atomic E-state index is -0.332. The van der Waals surface area contributed by atoms with E-state index in [-0.39, 0.29) is 24.7 Å². The predicted octanol–water partition coefficient (Wildman–Crippen LogP) is 4.87. The van der Waals surface area contributed by atoms with Gasteiger partial charge in [0.25, 0.3) is 0 Å². The smallest absolute Gasteiger partial charge is 0.240 e. The molecule has 0 aromatic heterocycles. The zero-order chi connectivity index (χ0) is 22.3. The number of para-hydroxylation sites is 2. The fraction of sp³-hybridized carbons (Fsp3) is 0.115. The Morgan fingerprint density at radius 1 is 0.844 bits per heavy atom. The van der Waals surface area contributed by atoms with Gasteiger partial charge >= 0.3 is 0 Å². The molecule has 6 heteroatoms. The van der Waals surface area contributed by atoms with Crippen LogP contribution in [0.5, 0.6) is 5.75 Å². The second kappa shape index (κ2) is 9.75. The third-order valence-corrected chi connectivity index (χ3v) is 5.16. The molecule has 0 unspecified atom stereocenters. The second-order valence-electron chi connectivity index (χ2n) is 7.27. The quantitative estimate of drug-likeness (QED) is 0.252. The monoisotopic (exact) mass is 425 g/mol. The van der Waals surface area contributed by atoms with Crippen LogP contribution in [0.15, 0.2) is 84.0 Å². The van der Waals surface area contributed by atoms with Crippen LogP contribution >= 0.6 is 0 Å². The Labute approximate surface area is 185 Å². The van der Waals surface area contributed by atoms with Gasteiger partial charge in [0.15, 0.2) is 0 Å². The maximum atomic E-state index is 12.2. The highest BCUT2D eigenvalue weighted by atomic mass is 16.5. The first-order chi connectivity index (χ1) is 15.7. The van der Waals surface area contributed by atoms with Gasteiger partial charge in [0.2, 0.25) is 11.8 Å². The van der Waals surface area contributed by atoms with Gasteiger partial charge in [-0.1, -0.05) is 60.7 Å². The van der Waals surface area contributed by atoms with Crippen molar-refractivity contribution in [1.29, 1.82) is 0 Å². The molecule has 0 aliphatic rings. The van der Waals surface area contributed by atoms with E-state index in [0.717, 1.165) is 27.1 Å². The Bertz CT molecular complexity index is 1260. The normalized spacial score (nSPS) is 11.0. The number of nitrogens with zero attached hydrogens (tertiary/aromatic N) is 1. The number of amides is 2. The van der Waals surface area contributed by atoms with Gasteiger partial charge in [-0.05, 0) is 39.7 Å². The lowest BCUT2D eigenvalue weighted by atomic mass is 9.97. The molecule has 0 saturated heterocycles. The van der Waals surface area contributed by atoms with Crippen molar-refractivity contribution in [2.45, 2.75) is 12.8 Å². The zero-order valence-corrected chi connectivity index (χ0v) is 17.7. The van der Waals surface area contributed by atoms with Crippen LogP contribution < -0.4 is 15.5 Å². The number of methoxy groups -OCH3 is 1. The van der Waals surface area contributed by atoms with Crippen molar-refractivity contribution in [2.75, 3.05) is 12.4 Å². The van der Waals surface area contributed by atoms with Gasteiger partial charge in [-0.15, -0.1) is 0 Å². The summed E-state index contributed by atoms with van der Waals surface area (Å²) in [5, 5.41) is 11.2. The largest absolute Gasteiger partial charge is 0.495 e. The van der Waals surface area contributed by atoms with Gasteiger partial charge in [0.1, 0.15) is 5.75 Å². The highest BCUT2D eigenvalue weighted by Gasteiger charge is 2.10. The van der Waals surface area contributed by atoms with Crippen molar-refractivity contribution in [3.05, 3.63) is 84.4 Å². The first-order valence-electron chi connectivity index (χ1n) is 10.3. The maximum absolute atomic E-state index is 12.2. The maximum Gasteiger partial charge on any atom is 0.240 e. The molecule has 0 atom stereocenters. The average molecular weight is 425 g/mol. The van der Waals surface area contributed by atoms with E-state index >= 15 is 0 Å². The molecule has 4 aromatic rings. The third-order valence-electron chi connectivity index (χ3n) is 5.16. The molecule has 0 aliphatic heterocycles. The molecule has 6 nitrogen and oxygen atoms in total. The molecule has 32 heavy (non-hydrogen) atoms. The summed E-state index contributed by atoms with van der Waals surface area (Å²) in [6, 6.07) is 25.4. The molecule has 0 heterocycles. The number of hydrogen-bond donors (Lipinski definition) is 2. The Morgan fingerprint density at radius 2 is 1.44 bits per heavy atom. The summed E-state index contributed by atoms with van der Waals surface area (Å²) in [6.45, 7) is 0. The van der Waals surface area contributed by atoms with E-state index in [2.05, 4.69) is 34.0 Å². The number of hydrazone groups is 1. The molecule has 0 bridgehead atoms. The van der Waals surface area contributed by atoms with E-state index in [1.165, 1.54) is 7.11 Å². The van der Waals surface area contributed by atoms with Crippen molar-refractivity contribution >= 4 is 45.3 Å². The zero-order valence-electron chi connectivity index (χ0n) is 17.7. The SMILES string of the molecule is COc1ccccc1NC(=O)CCC(=O)N/N=C/c1c2ccccc2cc2ccccc12. The Balaban J connectivity index is 1.40. The minimum absolute atomic E-state index is 0.0224. The van der Waals surface area contributed by atoms with Gasteiger partial charge in [-0.3, -0.25) is 9.59 Å². The van der Waals surface area contributed by atoms with Gasteiger partial charge in [-0.25, -0.2) is 5.43 Å². The van der Waals surface area contributed by atoms with E-state index in [4.69, 9.17) is 4.74 Å². The van der Waals surface area contributed by atoms with Crippen LogP contribution in [0.25, 0.3) is 21.5 Å². The summed E-state index contributed by atoms with van der Waals surface area (Å²) in [6.07, 6.45) is 1.72. The van der Waals surface area contributed by atoms with Gasteiger partial charge in [-0.2, -0.15) is 5.10 Å². The summed E-state index contributed by atoms with van der Waals surface area (Å²) in [5.74, 6) is -0.0353. The van der Waals surface area contributed by atoms with Crippen molar-refractivity contribution in [1.82, 2.24) is 5.43 Å². The van der Waals surface area contributed by atoms with Crippen LogP contribution in [0.4, 0.5) is 5.69 Å². The highest BCUT2D eigenvalue weighted by molar-refractivity contribution is 6.13. The van der Waals surface area contributed by atoms with Crippen molar-refractivity contribution in [3.63, 3.8) is 0 Å². The molecular formula is C26H23N3O3. The molecule has 0 fully saturated rings. The molecule has 0 radical (unpaired) electrons. The molecule has 4 aromatic carbocycles. The van der Waals surface area contributed by atoms with E-state index in [0.29, 0.717) is 11.4 Å². The molecule has 160 valence electrons. The lowest BCUT2D eigenvalue weighted by Gasteiger charge is -2.09.